The third-order valence-corrected chi connectivity index (χ3v) is 2.96. The lowest BCUT2D eigenvalue weighted by Gasteiger charge is -2.27. The van der Waals surface area contributed by atoms with Gasteiger partial charge in [0.05, 0.1) is 13.2 Å². The molecule has 6 nitrogen and oxygen atoms in total. The van der Waals surface area contributed by atoms with E-state index >= 15 is 0 Å². The van der Waals surface area contributed by atoms with Crippen LogP contribution in [-0.2, 0) is 9.53 Å². The van der Waals surface area contributed by atoms with Gasteiger partial charge in [-0.2, -0.15) is 4.98 Å². The number of hydrogen-bond acceptors (Lipinski definition) is 6. The minimum Gasteiger partial charge on any atom is -0.475 e. The zero-order chi connectivity index (χ0) is 16.0. The van der Waals surface area contributed by atoms with Gasteiger partial charge in [0.1, 0.15) is 5.54 Å². The molecule has 0 fully saturated rings. The third kappa shape index (κ3) is 4.88. The number of aromatic nitrogens is 2. The van der Waals surface area contributed by atoms with Gasteiger partial charge in [0.15, 0.2) is 0 Å². The van der Waals surface area contributed by atoms with Gasteiger partial charge in [-0.15, -0.1) is 0 Å². The quantitative estimate of drug-likeness (QED) is 0.780. The number of rotatable bonds is 7. The minimum absolute atomic E-state index is 0.0229. The maximum Gasteiger partial charge on any atom is 0.331 e. The summed E-state index contributed by atoms with van der Waals surface area (Å²) in [7, 11) is 1.38. The first kappa shape index (κ1) is 17.2. The fraction of sp³-hybridized carbons (Fsp3) is 0.667. The van der Waals surface area contributed by atoms with E-state index in [-0.39, 0.29) is 12.1 Å². The lowest BCUT2D eigenvalue weighted by Crippen LogP contribution is -2.44. The molecule has 21 heavy (non-hydrogen) atoms. The second kappa shape index (κ2) is 7.24. The number of esters is 1. The lowest BCUT2D eigenvalue weighted by molar-refractivity contribution is -0.145. The summed E-state index contributed by atoms with van der Waals surface area (Å²) in [6.45, 7) is 9.51. The van der Waals surface area contributed by atoms with E-state index in [1.165, 1.54) is 7.11 Å². The Balaban J connectivity index is 3.03. The summed E-state index contributed by atoms with van der Waals surface area (Å²) < 4.78 is 10.5. The van der Waals surface area contributed by atoms with E-state index in [4.69, 9.17) is 9.47 Å². The van der Waals surface area contributed by atoms with Crippen LogP contribution in [0.15, 0.2) is 6.07 Å². The molecule has 1 N–H and O–H groups in total. The van der Waals surface area contributed by atoms with Crippen LogP contribution in [0.25, 0.3) is 0 Å². The maximum atomic E-state index is 12.0. The van der Waals surface area contributed by atoms with Gasteiger partial charge in [0.2, 0.25) is 11.8 Å². The highest BCUT2D eigenvalue weighted by atomic mass is 16.5. The molecule has 0 amide bonds. The van der Waals surface area contributed by atoms with Crippen molar-refractivity contribution in [2.75, 3.05) is 12.4 Å². The second-order valence-electron chi connectivity index (χ2n) is 5.54. The van der Waals surface area contributed by atoms with Gasteiger partial charge >= 0.3 is 5.97 Å². The van der Waals surface area contributed by atoms with E-state index in [1.54, 1.807) is 13.0 Å². The van der Waals surface area contributed by atoms with Crippen molar-refractivity contribution in [1.29, 1.82) is 0 Å². The number of carbonyl (C=O) groups excluding carboxylic acids is 1. The third-order valence-electron chi connectivity index (χ3n) is 2.96. The molecule has 0 saturated heterocycles. The normalized spacial score (nSPS) is 13.7. The van der Waals surface area contributed by atoms with Crippen molar-refractivity contribution in [3.05, 3.63) is 11.8 Å². The average molecular weight is 295 g/mol. The molecule has 0 radical (unpaired) electrons. The zero-order valence-corrected chi connectivity index (χ0v) is 13.7. The smallest absolute Gasteiger partial charge is 0.331 e. The average Bonchev–Trinajstić information content (AvgIpc) is 2.36. The Kier molecular flexibility index (Phi) is 5.93. The van der Waals surface area contributed by atoms with E-state index in [1.807, 2.05) is 27.7 Å². The van der Waals surface area contributed by atoms with E-state index in [9.17, 15) is 4.79 Å². The SMILES string of the molecule is CCCC(C)(Nc1nc(C)cc(OC(C)C)n1)C(=O)OC. The zero-order valence-electron chi connectivity index (χ0n) is 13.7. The van der Waals surface area contributed by atoms with Crippen LogP contribution < -0.4 is 10.1 Å². The van der Waals surface area contributed by atoms with Crippen LogP contribution in [-0.4, -0.2) is 34.7 Å². The van der Waals surface area contributed by atoms with Gasteiger partial charge in [-0.25, -0.2) is 9.78 Å². The van der Waals surface area contributed by atoms with E-state index < -0.39 is 5.54 Å². The lowest BCUT2D eigenvalue weighted by atomic mass is 9.96. The number of methoxy groups -OCH3 is 1. The van der Waals surface area contributed by atoms with Crippen molar-refractivity contribution in [2.24, 2.45) is 0 Å². The number of hydrogen-bond donors (Lipinski definition) is 1. The van der Waals surface area contributed by atoms with Crippen molar-refractivity contribution >= 4 is 11.9 Å². The predicted octanol–water partition coefficient (Wildman–Crippen LogP) is 2.72. The molecule has 6 heteroatoms. The Morgan fingerprint density at radius 3 is 2.62 bits per heavy atom. The molecule has 1 heterocycles. The molecule has 0 aliphatic heterocycles. The molecule has 1 aromatic rings. The fourth-order valence-electron chi connectivity index (χ4n) is 2.09. The largest absolute Gasteiger partial charge is 0.475 e. The van der Waals surface area contributed by atoms with Crippen molar-refractivity contribution in [1.82, 2.24) is 9.97 Å². The summed E-state index contributed by atoms with van der Waals surface area (Å²) >= 11 is 0. The number of anilines is 1. The highest BCUT2D eigenvalue weighted by molar-refractivity contribution is 5.83. The predicted molar refractivity (Wildman–Crippen MR) is 81.5 cm³/mol. The monoisotopic (exact) mass is 295 g/mol. The summed E-state index contributed by atoms with van der Waals surface area (Å²) in [6.07, 6.45) is 1.48. The Labute approximate surface area is 126 Å². The minimum atomic E-state index is -0.855. The fourth-order valence-corrected chi connectivity index (χ4v) is 2.09. The molecule has 0 saturated carbocycles. The summed E-state index contributed by atoms with van der Waals surface area (Å²) in [5.41, 5.74) is -0.0845. The van der Waals surface area contributed by atoms with E-state index in [0.717, 1.165) is 12.1 Å². The van der Waals surface area contributed by atoms with Gasteiger partial charge in [-0.1, -0.05) is 13.3 Å². The molecule has 0 spiro atoms. The van der Waals surface area contributed by atoms with E-state index in [2.05, 4.69) is 15.3 Å². The summed E-state index contributed by atoms with van der Waals surface area (Å²) in [4.78, 5) is 20.6. The van der Waals surface area contributed by atoms with E-state index in [0.29, 0.717) is 18.2 Å². The van der Waals surface area contributed by atoms with Crippen LogP contribution in [0.5, 0.6) is 5.88 Å². The Hall–Kier alpha value is -1.85. The topological polar surface area (TPSA) is 73.3 Å². The molecule has 1 rings (SSSR count). The van der Waals surface area contributed by atoms with Gasteiger partial charge in [-0.05, 0) is 34.1 Å². The first-order valence-corrected chi connectivity index (χ1v) is 7.19. The first-order chi connectivity index (χ1) is 9.80. The molecule has 0 aliphatic carbocycles. The van der Waals surface area contributed by atoms with Crippen LogP contribution in [0.4, 0.5) is 5.95 Å². The summed E-state index contributed by atoms with van der Waals surface area (Å²) in [5.74, 6) is 0.525. The van der Waals surface area contributed by atoms with Crippen LogP contribution in [0, 0.1) is 6.92 Å². The molecule has 118 valence electrons. The van der Waals surface area contributed by atoms with Crippen molar-refractivity contribution in [2.45, 2.75) is 59.1 Å². The molecule has 1 aromatic heterocycles. The highest BCUT2D eigenvalue weighted by Crippen LogP contribution is 2.21. The number of nitrogens with one attached hydrogen (secondary N) is 1. The second-order valence-corrected chi connectivity index (χ2v) is 5.54. The van der Waals surface area contributed by atoms with Crippen LogP contribution >= 0.6 is 0 Å². The van der Waals surface area contributed by atoms with Gasteiger partial charge in [0, 0.05) is 11.8 Å². The molecule has 0 aromatic carbocycles. The number of nitrogens with zero attached hydrogens (tertiary/aromatic N) is 2. The molecular weight excluding hydrogens is 270 g/mol. The molecule has 1 atom stereocenters. The first-order valence-electron chi connectivity index (χ1n) is 7.19. The highest BCUT2D eigenvalue weighted by Gasteiger charge is 2.34. The molecule has 0 bridgehead atoms. The number of ether oxygens (including phenoxy) is 2. The Morgan fingerprint density at radius 2 is 2.10 bits per heavy atom. The summed E-state index contributed by atoms with van der Waals surface area (Å²) in [6, 6.07) is 1.76. The maximum absolute atomic E-state index is 12.0. The van der Waals surface area contributed by atoms with Crippen LogP contribution in [0.2, 0.25) is 0 Å². The molecule has 0 aliphatic rings. The van der Waals surface area contributed by atoms with Crippen molar-refractivity contribution in [3.63, 3.8) is 0 Å². The molecule has 1 unspecified atom stereocenters. The summed E-state index contributed by atoms with van der Waals surface area (Å²) in [5, 5.41) is 3.08. The van der Waals surface area contributed by atoms with Crippen molar-refractivity contribution < 1.29 is 14.3 Å². The van der Waals surface area contributed by atoms with Gasteiger partial charge < -0.3 is 14.8 Å². The van der Waals surface area contributed by atoms with Crippen LogP contribution in [0.1, 0.15) is 46.2 Å². The Morgan fingerprint density at radius 1 is 1.43 bits per heavy atom. The van der Waals surface area contributed by atoms with Crippen molar-refractivity contribution in [3.8, 4) is 5.88 Å². The molecular formula is C15H25N3O3. The standard InChI is InChI=1S/C15H25N3O3/c1-7-8-15(5,13(19)20-6)18-14-16-11(4)9-12(17-14)21-10(2)3/h9-10H,7-8H2,1-6H3,(H,16,17,18). The number of aryl methyl sites for hydroxylation is 1. The van der Waals surface area contributed by atoms with Crippen LogP contribution in [0.3, 0.4) is 0 Å². The van der Waals surface area contributed by atoms with Gasteiger partial charge in [0.25, 0.3) is 0 Å². The van der Waals surface area contributed by atoms with Gasteiger partial charge in [-0.3, -0.25) is 0 Å². The Bertz CT molecular complexity index is 491. The number of carbonyl (C=O) groups is 1.